The first-order valence-corrected chi connectivity index (χ1v) is 1.32. The molecule has 0 saturated heterocycles. The van der Waals surface area contributed by atoms with Crippen molar-refractivity contribution in [2.75, 3.05) is 13.1 Å². The van der Waals surface area contributed by atoms with Gasteiger partial charge in [-0.1, -0.05) is 0 Å². The Morgan fingerprint density at radius 3 is 1.17 bits per heavy atom. The molecule has 0 aliphatic heterocycles. The average Bonchev–Trinajstić information content (AvgIpc) is 1.37. The van der Waals surface area contributed by atoms with Crippen molar-refractivity contribution >= 4 is 0 Å². The molecule has 0 heterocycles. The third kappa shape index (κ3) is 30.6. The molecule has 0 spiro atoms. The van der Waals surface area contributed by atoms with E-state index in [1.807, 2.05) is 0 Å². The van der Waals surface area contributed by atoms with Gasteiger partial charge in [-0.25, -0.2) is 0 Å². The Balaban J connectivity index is -0.0000000450. The van der Waals surface area contributed by atoms with E-state index in [4.69, 9.17) is 11.5 Å². The van der Waals surface area contributed by atoms with Gasteiger partial charge in [0.05, 0.1) is 0 Å². The second-order valence-electron chi connectivity index (χ2n) is 0.577. The molecule has 0 amide bonds. The monoisotopic (exact) mass is 113 g/mol. The summed E-state index contributed by atoms with van der Waals surface area (Å²) >= 11 is 0. The quantitative estimate of drug-likeness (QED) is 0.327. The van der Waals surface area contributed by atoms with Gasteiger partial charge in [-0.15, -0.1) is 0 Å². The van der Waals surface area contributed by atoms with E-state index in [1.54, 1.807) is 0 Å². The second-order valence-corrected chi connectivity index (χ2v) is 0.577. The lowest BCUT2D eigenvalue weighted by molar-refractivity contribution is -0.00000154. The molecular formula is C2H12ClN3. The smallest absolute Gasteiger partial charge is 0.00461 e. The Labute approximate surface area is 44.1 Å². The average molecular weight is 114 g/mol. The molecule has 3 nitrogen and oxygen atoms in total. The summed E-state index contributed by atoms with van der Waals surface area (Å²) in [5.41, 5.74) is 9.81. The molecule has 0 saturated carbocycles. The van der Waals surface area contributed by atoms with E-state index in [0.717, 1.165) is 0 Å². The van der Waals surface area contributed by atoms with Crippen LogP contribution in [0.15, 0.2) is 0 Å². The molecule has 0 bridgehead atoms. The molecule has 0 aromatic heterocycles. The Hall–Kier alpha value is 0.170. The summed E-state index contributed by atoms with van der Waals surface area (Å²) in [6.07, 6.45) is 0. The van der Waals surface area contributed by atoms with E-state index in [1.165, 1.54) is 0 Å². The predicted octanol–water partition coefficient (Wildman–Crippen LogP) is -3.72. The fourth-order valence-electron chi connectivity index (χ4n) is 0. The Kier molecular flexibility index (Phi) is 52.2. The van der Waals surface area contributed by atoms with Crippen LogP contribution in [0.2, 0.25) is 0 Å². The van der Waals surface area contributed by atoms with Crippen molar-refractivity contribution in [2.45, 2.75) is 0 Å². The standard InChI is InChI=1S/C2H8N2.ClH.H3N/c3-1-2-4;;/h1-4H2;1H;1H3. The minimum Gasteiger partial charge on any atom is -1.00 e. The Morgan fingerprint density at radius 2 is 1.17 bits per heavy atom. The first-order valence-electron chi connectivity index (χ1n) is 1.32. The summed E-state index contributed by atoms with van der Waals surface area (Å²) in [7, 11) is 0. The summed E-state index contributed by atoms with van der Waals surface area (Å²) < 4.78 is 0. The second kappa shape index (κ2) is 19.1. The summed E-state index contributed by atoms with van der Waals surface area (Å²) in [5.74, 6) is 0. The van der Waals surface area contributed by atoms with Crippen molar-refractivity contribution in [3.63, 3.8) is 0 Å². The molecule has 0 aliphatic carbocycles. The highest BCUT2D eigenvalue weighted by Gasteiger charge is 1.54. The van der Waals surface area contributed by atoms with Gasteiger partial charge in [0.15, 0.2) is 0 Å². The van der Waals surface area contributed by atoms with Crippen LogP contribution >= 0.6 is 0 Å². The molecule has 8 N–H and O–H groups in total. The van der Waals surface area contributed by atoms with E-state index < -0.39 is 0 Å². The predicted molar refractivity (Wildman–Crippen MR) is 24.1 cm³/mol. The van der Waals surface area contributed by atoms with Crippen molar-refractivity contribution in [3.05, 3.63) is 0 Å². The number of halogens is 1. The lowest BCUT2D eigenvalue weighted by atomic mass is 10.7. The maximum absolute atomic E-state index is 4.90. The van der Waals surface area contributed by atoms with Crippen molar-refractivity contribution in [3.8, 4) is 0 Å². The molecular weight excluding hydrogens is 101 g/mol. The van der Waals surface area contributed by atoms with Crippen LogP contribution in [0.3, 0.4) is 0 Å². The molecule has 6 heavy (non-hydrogen) atoms. The Morgan fingerprint density at radius 1 is 1.00 bits per heavy atom. The maximum Gasteiger partial charge on any atom is 0.00461 e. The number of hydrogen-bond acceptors (Lipinski definition) is 2. The first-order chi connectivity index (χ1) is 1.91. The molecule has 0 aromatic carbocycles. The zero-order chi connectivity index (χ0) is 3.41. The van der Waals surface area contributed by atoms with Gasteiger partial charge >= 0.3 is 0 Å². The van der Waals surface area contributed by atoms with E-state index in [9.17, 15) is 0 Å². The van der Waals surface area contributed by atoms with E-state index in [0.29, 0.717) is 13.1 Å². The zero-order valence-electron chi connectivity index (χ0n) is 3.95. The summed E-state index contributed by atoms with van der Waals surface area (Å²) in [6.45, 7) is 1.19. The van der Waals surface area contributed by atoms with Crippen molar-refractivity contribution in [1.82, 2.24) is 6.15 Å². The molecule has 0 aromatic rings. The van der Waals surface area contributed by atoms with Crippen LogP contribution < -0.4 is 30.0 Å². The fourth-order valence-corrected chi connectivity index (χ4v) is 0. The lowest BCUT2D eigenvalue weighted by Crippen LogP contribution is -3.00. The first kappa shape index (κ1) is 16.4. The van der Waals surface area contributed by atoms with Gasteiger partial charge in [0.1, 0.15) is 0 Å². The van der Waals surface area contributed by atoms with E-state index >= 15 is 0 Å². The van der Waals surface area contributed by atoms with Gasteiger partial charge < -0.3 is 30.0 Å². The van der Waals surface area contributed by atoms with Crippen LogP contribution in [-0.4, -0.2) is 13.1 Å². The highest BCUT2D eigenvalue weighted by molar-refractivity contribution is 4.26. The van der Waals surface area contributed by atoms with Crippen LogP contribution in [0.4, 0.5) is 0 Å². The highest BCUT2D eigenvalue weighted by atomic mass is 35.5. The van der Waals surface area contributed by atoms with Crippen LogP contribution in [0.5, 0.6) is 0 Å². The fraction of sp³-hybridized carbons (Fsp3) is 1.00. The lowest BCUT2D eigenvalue weighted by Gasteiger charge is -1.72. The van der Waals surface area contributed by atoms with E-state index in [2.05, 4.69) is 0 Å². The number of quaternary nitrogens is 1. The minimum atomic E-state index is 0. The maximum atomic E-state index is 4.90. The minimum absolute atomic E-state index is 0. The Bertz CT molecular complexity index is 10.8. The van der Waals surface area contributed by atoms with Gasteiger partial charge in [0.25, 0.3) is 0 Å². The normalized spacial score (nSPS) is 5.00. The molecule has 4 heteroatoms. The topological polar surface area (TPSA) is 88.5 Å². The number of rotatable bonds is 1. The summed E-state index contributed by atoms with van der Waals surface area (Å²) in [4.78, 5) is 0. The number of hydrogen-bond donors (Lipinski definition) is 3. The molecule has 0 fully saturated rings. The molecule has 0 radical (unpaired) electrons. The van der Waals surface area contributed by atoms with Gasteiger partial charge in [-0.2, -0.15) is 0 Å². The SMILES string of the molecule is NCCN.[Cl-].[NH4+]. The molecule has 0 atom stereocenters. The van der Waals surface area contributed by atoms with Crippen LogP contribution in [0.25, 0.3) is 0 Å². The summed E-state index contributed by atoms with van der Waals surface area (Å²) in [5, 5.41) is 0. The molecule has 0 rings (SSSR count). The highest BCUT2D eigenvalue weighted by Crippen LogP contribution is 1.24. The van der Waals surface area contributed by atoms with Crippen molar-refractivity contribution < 1.29 is 12.4 Å². The van der Waals surface area contributed by atoms with Gasteiger partial charge in [0, 0.05) is 13.1 Å². The zero-order valence-corrected chi connectivity index (χ0v) is 4.70. The van der Waals surface area contributed by atoms with Crippen LogP contribution in [0, 0.1) is 0 Å². The van der Waals surface area contributed by atoms with Gasteiger partial charge in [0.2, 0.25) is 0 Å². The van der Waals surface area contributed by atoms with Crippen molar-refractivity contribution in [2.24, 2.45) is 11.5 Å². The van der Waals surface area contributed by atoms with E-state index in [-0.39, 0.29) is 18.6 Å². The van der Waals surface area contributed by atoms with Gasteiger partial charge in [-0.3, -0.25) is 0 Å². The van der Waals surface area contributed by atoms with Crippen LogP contribution in [0.1, 0.15) is 0 Å². The van der Waals surface area contributed by atoms with Gasteiger partial charge in [-0.05, 0) is 0 Å². The molecule has 0 aliphatic rings. The molecule has 42 valence electrons. The largest absolute Gasteiger partial charge is 1.00 e. The van der Waals surface area contributed by atoms with Crippen LogP contribution in [-0.2, 0) is 0 Å². The number of nitrogens with two attached hydrogens (primary N) is 2. The third-order valence-electron chi connectivity index (χ3n) is 0.167. The summed E-state index contributed by atoms with van der Waals surface area (Å²) in [6, 6.07) is 0. The molecule has 0 unspecified atom stereocenters. The van der Waals surface area contributed by atoms with Crippen molar-refractivity contribution in [1.29, 1.82) is 0 Å². The third-order valence-corrected chi connectivity index (χ3v) is 0.167.